The second-order valence-corrected chi connectivity index (χ2v) is 8.03. The number of nitriles is 1. The lowest BCUT2D eigenvalue weighted by atomic mass is 10.1. The van der Waals surface area contributed by atoms with Crippen molar-refractivity contribution in [1.29, 1.82) is 5.26 Å². The third-order valence-corrected chi connectivity index (χ3v) is 5.76. The summed E-state index contributed by atoms with van der Waals surface area (Å²) in [4.78, 5) is 25.3. The molecule has 0 aliphatic heterocycles. The molecule has 7 nitrogen and oxygen atoms in total. The van der Waals surface area contributed by atoms with Gasteiger partial charge in [0.1, 0.15) is 23.9 Å². The van der Waals surface area contributed by atoms with E-state index in [-0.39, 0.29) is 18.0 Å². The highest BCUT2D eigenvalue weighted by Crippen LogP contribution is 2.26. The number of carbonyl (C=O) groups excluding carboxylic acids is 2. The summed E-state index contributed by atoms with van der Waals surface area (Å²) in [6.07, 6.45) is 4.83. The number of para-hydroxylation sites is 1. The Kier molecular flexibility index (Phi) is 6.81. The molecule has 2 aromatic carbocycles. The fourth-order valence-corrected chi connectivity index (χ4v) is 3.74. The minimum atomic E-state index is -0.541. The largest absolute Gasteiger partial charge is 0.467 e. The van der Waals surface area contributed by atoms with E-state index in [1.807, 2.05) is 30.3 Å². The van der Waals surface area contributed by atoms with Crippen molar-refractivity contribution in [2.75, 3.05) is 5.32 Å². The highest BCUT2D eigenvalue weighted by atomic mass is 35.5. The van der Waals surface area contributed by atoms with Crippen LogP contribution in [0.25, 0.3) is 17.0 Å². The van der Waals surface area contributed by atoms with E-state index in [1.54, 1.807) is 54.3 Å². The van der Waals surface area contributed by atoms with Crippen LogP contribution in [0, 0.1) is 18.3 Å². The molecule has 0 spiro atoms. The summed E-state index contributed by atoms with van der Waals surface area (Å²) in [6.45, 7) is 2.16. The number of carbonyl (C=O) groups is 2. The molecular formula is C26H21ClN4O3. The fraction of sp³-hybridized carbons (Fsp3) is 0.115. The number of nitrogens with zero attached hydrogens (tertiary/aromatic N) is 2. The van der Waals surface area contributed by atoms with Crippen molar-refractivity contribution in [3.05, 3.63) is 94.5 Å². The number of hydrogen-bond donors (Lipinski definition) is 2. The van der Waals surface area contributed by atoms with Crippen LogP contribution in [-0.2, 0) is 22.7 Å². The Balaban J connectivity index is 1.58. The van der Waals surface area contributed by atoms with Crippen LogP contribution in [-0.4, -0.2) is 16.4 Å². The number of aromatic nitrogens is 1. The first-order valence-electron chi connectivity index (χ1n) is 10.5. The normalized spacial score (nSPS) is 11.3. The van der Waals surface area contributed by atoms with Crippen LogP contribution in [0.1, 0.15) is 16.9 Å². The van der Waals surface area contributed by atoms with Crippen molar-refractivity contribution in [1.82, 2.24) is 9.88 Å². The van der Waals surface area contributed by atoms with E-state index in [0.717, 1.165) is 10.9 Å². The Morgan fingerprint density at radius 2 is 1.97 bits per heavy atom. The zero-order valence-corrected chi connectivity index (χ0v) is 19.1. The van der Waals surface area contributed by atoms with Crippen LogP contribution >= 0.6 is 11.6 Å². The van der Waals surface area contributed by atoms with Crippen molar-refractivity contribution in [3.63, 3.8) is 0 Å². The third kappa shape index (κ3) is 5.03. The van der Waals surface area contributed by atoms with Gasteiger partial charge in [-0.1, -0.05) is 35.9 Å². The van der Waals surface area contributed by atoms with Crippen molar-refractivity contribution in [3.8, 4) is 6.07 Å². The molecule has 2 aromatic heterocycles. The van der Waals surface area contributed by atoms with Crippen LogP contribution < -0.4 is 10.6 Å². The van der Waals surface area contributed by atoms with Gasteiger partial charge in [0.25, 0.3) is 5.91 Å². The topological polar surface area (TPSA) is 100 Å². The van der Waals surface area contributed by atoms with Gasteiger partial charge < -0.3 is 19.6 Å². The Labute approximate surface area is 201 Å². The molecule has 170 valence electrons. The van der Waals surface area contributed by atoms with Gasteiger partial charge in [-0.05, 0) is 48.9 Å². The maximum absolute atomic E-state index is 12.8. The standard InChI is InChI=1S/C26H21ClN4O3/c1-17-22(27)8-4-9-23(17)30-26(33)18(13-28)12-19-15-31(24-10-3-2-7-21(19)24)16-25(32)29-14-20-6-5-11-34-20/h2-12,15H,14,16H2,1H3,(H,29,32)(H,30,33). The van der Waals surface area contributed by atoms with Gasteiger partial charge in [0.15, 0.2) is 0 Å². The summed E-state index contributed by atoms with van der Waals surface area (Å²) < 4.78 is 7.02. The molecule has 0 fully saturated rings. The predicted octanol–water partition coefficient (Wildman–Crippen LogP) is 5.06. The first kappa shape index (κ1) is 22.9. The first-order chi connectivity index (χ1) is 16.5. The average Bonchev–Trinajstić information content (AvgIpc) is 3.47. The minimum Gasteiger partial charge on any atom is -0.467 e. The molecule has 2 heterocycles. The van der Waals surface area contributed by atoms with E-state index in [2.05, 4.69) is 10.6 Å². The number of rotatable bonds is 7. The summed E-state index contributed by atoms with van der Waals surface area (Å²) >= 11 is 6.13. The quantitative estimate of drug-likeness (QED) is 0.290. The lowest BCUT2D eigenvalue weighted by Gasteiger charge is -2.08. The summed E-state index contributed by atoms with van der Waals surface area (Å²) in [6, 6.07) is 18.2. The highest BCUT2D eigenvalue weighted by Gasteiger charge is 2.15. The molecule has 0 unspecified atom stereocenters. The lowest BCUT2D eigenvalue weighted by molar-refractivity contribution is -0.121. The smallest absolute Gasteiger partial charge is 0.266 e. The number of nitrogens with one attached hydrogen (secondary N) is 2. The fourth-order valence-electron chi connectivity index (χ4n) is 3.57. The Bertz CT molecular complexity index is 1430. The lowest BCUT2D eigenvalue weighted by Crippen LogP contribution is -2.26. The maximum atomic E-state index is 12.8. The van der Waals surface area contributed by atoms with Crippen molar-refractivity contribution >= 4 is 46.1 Å². The number of amides is 2. The van der Waals surface area contributed by atoms with Crippen LogP contribution in [0.2, 0.25) is 5.02 Å². The van der Waals surface area contributed by atoms with Crippen molar-refractivity contribution in [2.24, 2.45) is 0 Å². The molecule has 34 heavy (non-hydrogen) atoms. The van der Waals surface area contributed by atoms with Crippen LogP contribution in [0.5, 0.6) is 0 Å². The summed E-state index contributed by atoms with van der Waals surface area (Å²) in [5.41, 5.74) is 2.65. The van der Waals surface area contributed by atoms with E-state index >= 15 is 0 Å². The van der Waals surface area contributed by atoms with Crippen LogP contribution in [0.4, 0.5) is 5.69 Å². The summed E-state index contributed by atoms with van der Waals surface area (Å²) in [5, 5.41) is 16.6. The van der Waals surface area contributed by atoms with Crippen LogP contribution in [0.15, 0.2) is 77.0 Å². The maximum Gasteiger partial charge on any atom is 0.266 e. The van der Waals surface area contributed by atoms with Gasteiger partial charge in [-0.15, -0.1) is 0 Å². The van der Waals surface area contributed by atoms with Gasteiger partial charge in [0, 0.05) is 33.4 Å². The summed E-state index contributed by atoms with van der Waals surface area (Å²) in [5.74, 6) is -0.0720. The molecule has 2 amide bonds. The number of benzene rings is 2. The van der Waals surface area contributed by atoms with Gasteiger partial charge in [-0.3, -0.25) is 9.59 Å². The number of halogens is 1. The molecule has 0 aliphatic rings. The average molecular weight is 473 g/mol. The molecule has 0 saturated carbocycles. The number of anilines is 1. The number of fused-ring (bicyclic) bond motifs is 1. The van der Waals surface area contributed by atoms with Gasteiger partial charge in [-0.2, -0.15) is 5.26 Å². The number of furan rings is 1. The molecule has 0 atom stereocenters. The first-order valence-corrected chi connectivity index (χ1v) is 10.9. The van der Waals surface area contributed by atoms with Crippen molar-refractivity contribution < 1.29 is 14.0 Å². The molecule has 0 aliphatic carbocycles. The Hall–Kier alpha value is -4.28. The summed E-state index contributed by atoms with van der Waals surface area (Å²) in [7, 11) is 0. The molecule has 0 saturated heterocycles. The van der Waals surface area contributed by atoms with E-state index in [0.29, 0.717) is 34.1 Å². The third-order valence-electron chi connectivity index (χ3n) is 5.35. The molecule has 2 N–H and O–H groups in total. The monoisotopic (exact) mass is 472 g/mol. The van der Waals surface area contributed by atoms with E-state index in [1.165, 1.54) is 6.08 Å². The second-order valence-electron chi connectivity index (χ2n) is 7.62. The number of hydrogen-bond acceptors (Lipinski definition) is 4. The van der Waals surface area contributed by atoms with Gasteiger partial charge in [0.2, 0.25) is 5.91 Å². The molecule has 4 rings (SSSR count). The predicted molar refractivity (Wildman–Crippen MR) is 131 cm³/mol. The zero-order valence-electron chi connectivity index (χ0n) is 18.3. The van der Waals surface area contributed by atoms with Gasteiger partial charge >= 0.3 is 0 Å². The Morgan fingerprint density at radius 1 is 1.15 bits per heavy atom. The Morgan fingerprint density at radius 3 is 2.74 bits per heavy atom. The van der Waals surface area contributed by atoms with E-state index in [9.17, 15) is 14.9 Å². The molecular weight excluding hydrogens is 452 g/mol. The van der Waals surface area contributed by atoms with Crippen molar-refractivity contribution in [2.45, 2.75) is 20.0 Å². The zero-order chi connectivity index (χ0) is 24.1. The highest BCUT2D eigenvalue weighted by molar-refractivity contribution is 6.31. The van der Waals surface area contributed by atoms with E-state index in [4.69, 9.17) is 16.0 Å². The minimum absolute atomic E-state index is 0.0652. The van der Waals surface area contributed by atoms with Crippen LogP contribution in [0.3, 0.4) is 0 Å². The molecule has 0 bridgehead atoms. The SMILES string of the molecule is Cc1c(Cl)cccc1NC(=O)C(C#N)=Cc1cn(CC(=O)NCc2ccco2)c2ccccc12. The molecule has 0 radical (unpaired) electrons. The van der Waals surface area contributed by atoms with Gasteiger partial charge in [-0.25, -0.2) is 0 Å². The van der Waals surface area contributed by atoms with Gasteiger partial charge in [0.05, 0.1) is 12.8 Å². The molecule has 8 heteroatoms. The molecule has 4 aromatic rings. The second kappa shape index (κ2) is 10.1. The van der Waals surface area contributed by atoms with E-state index < -0.39 is 5.91 Å².